The van der Waals surface area contributed by atoms with Crippen molar-refractivity contribution in [3.63, 3.8) is 0 Å². The molecule has 0 bridgehead atoms. The van der Waals surface area contributed by atoms with Crippen molar-refractivity contribution in [3.8, 4) is 0 Å². The lowest BCUT2D eigenvalue weighted by molar-refractivity contribution is -0.307. The van der Waals surface area contributed by atoms with Crippen molar-refractivity contribution in [2.45, 2.75) is 18.9 Å². The molecule has 9 heavy (non-hydrogen) atoms. The second kappa shape index (κ2) is 4.29. The molecule has 4 nitrogen and oxygen atoms in total. The highest BCUT2D eigenvalue weighted by Gasteiger charge is 2.00. The highest BCUT2D eigenvalue weighted by molar-refractivity contribution is 5.70. The van der Waals surface area contributed by atoms with Crippen LogP contribution in [0.1, 0.15) is 12.8 Å². The average Bonchev–Trinajstić information content (AvgIpc) is 1.82. The molecule has 0 heterocycles. The maximum atomic E-state index is 9.89. The summed E-state index contributed by atoms with van der Waals surface area (Å²) in [6.45, 7) is -0.0268. The Labute approximate surface area is 53.3 Å². The standard InChI is InChI=1S/C5H11NO3/c6-4(5(8)9)2-1-3-7/h4,7H,1-3,6H2,(H,8,9)/p-1. The first-order chi connectivity index (χ1) is 4.18. The van der Waals surface area contributed by atoms with Crippen molar-refractivity contribution in [3.05, 3.63) is 0 Å². The van der Waals surface area contributed by atoms with Gasteiger partial charge in [-0.05, 0) is 12.8 Å². The number of carboxylic acid groups (broad SMARTS) is 1. The molecule has 54 valence electrons. The van der Waals surface area contributed by atoms with Gasteiger partial charge in [-0.25, -0.2) is 0 Å². The van der Waals surface area contributed by atoms with Gasteiger partial charge in [-0.3, -0.25) is 0 Å². The van der Waals surface area contributed by atoms with E-state index in [0.717, 1.165) is 0 Å². The zero-order valence-corrected chi connectivity index (χ0v) is 5.04. The van der Waals surface area contributed by atoms with E-state index in [0.29, 0.717) is 6.42 Å². The summed E-state index contributed by atoms with van der Waals surface area (Å²) in [6.07, 6.45) is 0.688. The molecule has 4 heteroatoms. The molecule has 0 saturated heterocycles. The van der Waals surface area contributed by atoms with Gasteiger partial charge in [0.1, 0.15) is 0 Å². The second-order valence-corrected chi connectivity index (χ2v) is 1.79. The third kappa shape index (κ3) is 3.93. The van der Waals surface area contributed by atoms with Gasteiger partial charge in [-0.15, -0.1) is 0 Å². The van der Waals surface area contributed by atoms with E-state index in [-0.39, 0.29) is 13.0 Å². The zero-order valence-electron chi connectivity index (χ0n) is 5.04. The molecule has 0 aliphatic carbocycles. The number of aliphatic hydroxyl groups is 1. The summed E-state index contributed by atoms with van der Waals surface area (Å²) in [7, 11) is 0. The molecule has 1 atom stereocenters. The molecule has 0 spiro atoms. The Hall–Kier alpha value is -0.610. The fraction of sp³-hybridized carbons (Fsp3) is 0.800. The molecule has 0 aromatic carbocycles. The van der Waals surface area contributed by atoms with Gasteiger partial charge in [0.15, 0.2) is 0 Å². The van der Waals surface area contributed by atoms with Gasteiger partial charge < -0.3 is 20.7 Å². The van der Waals surface area contributed by atoms with Crippen LogP contribution in [0, 0.1) is 0 Å². The Balaban J connectivity index is 3.27. The van der Waals surface area contributed by atoms with E-state index in [1.165, 1.54) is 0 Å². The lowest BCUT2D eigenvalue weighted by atomic mass is 10.2. The summed E-state index contributed by atoms with van der Waals surface area (Å²) in [5.41, 5.74) is 5.03. The average molecular weight is 132 g/mol. The Kier molecular flexibility index (Phi) is 4.00. The summed E-state index contributed by atoms with van der Waals surface area (Å²) in [6, 6.07) is -0.933. The number of aliphatic carboxylic acids is 1. The minimum absolute atomic E-state index is 0.0268. The van der Waals surface area contributed by atoms with Crippen molar-refractivity contribution in [2.24, 2.45) is 5.73 Å². The first-order valence-corrected chi connectivity index (χ1v) is 2.75. The van der Waals surface area contributed by atoms with Crippen LogP contribution >= 0.6 is 0 Å². The van der Waals surface area contributed by atoms with Crippen LogP contribution in [0.25, 0.3) is 0 Å². The van der Waals surface area contributed by atoms with Gasteiger partial charge in [-0.1, -0.05) is 0 Å². The molecule has 3 N–H and O–H groups in total. The maximum Gasteiger partial charge on any atom is 0.0582 e. The number of hydrogen-bond acceptors (Lipinski definition) is 4. The predicted molar refractivity (Wildman–Crippen MR) is 29.3 cm³/mol. The van der Waals surface area contributed by atoms with Gasteiger partial charge >= 0.3 is 0 Å². The summed E-state index contributed by atoms with van der Waals surface area (Å²) in [5.74, 6) is -1.26. The summed E-state index contributed by atoms with van der Waals surface area (Å²) < 4.78 is 0. The molecular formula is C5H10NO3-. The first kappa shape index (κ1) is 8.39. The molecule has 0 aliphatic heterocycles. The van der Waals surface area contributed by atoms with Crippen LogP contribution in [0.2, 0.25) is 0 Å². The van der Waals surface area contributed by atoms with Crippen molar-refractivity contribution in [1.82, 2.24) is 0 Å². The van der Waals surface area contributed by atoms with Crippen LogP contribution < -0.4 is 10.8 Å². The number of rotatable bonds is 4. The van der Waals surface area contributed by atoms with Gasteiger partial charge in [0.2, 0.25) is 0 Å². The van der Waals surface area contributed by atoms with Gasteiger partial charge in [0.25, 0.3) is 0 Å². The Bertz CT molecular complexity index is 94.2. The van der Waals surface area contributed by atoms with Crippen molar-refractivity contribution < 1.29 is 15.0 Å². The molecule has 0 rings (SSSR count). The van der Waals surface area contributed by atoms with Crippen LogP contribution in [0.4, 0.5) is 0 Å². The monoisotopic (exact) mass is 132 g/mol. The van der Waals surface area contributed by atoms with E-state index in [1.54, 1.807) is 0 Å². The molecular weight excluding hydrogens is 122 g/mol. The Morgan fingerprint density at radius 3 is 2.67 bits per heavy atom. The summed E-state index contributed by atoms with van der Waals surface area (Å²) in [5, 5.41) is 18.1. The SMILES string of the molecule is NC(CCCO)C(=O)[O-]. The Morgan fingerprint density at radius 1 is 1.78 bits per heavy atom. The van der Waals surface area contributed by atoms with E-state index in [9.17, 15) is 9.90 Å². The van der Waals surface area contributed by atoms with Gasteiger partial charge in [-0.2, -0.15) is 0 Å². The molecule has 0 aromatic rings. The molecule has 0 aromatic heterocycles. The molecule has 0 radical (unpaired) electrons. The van der Waals surface area contributed by atoms with Crippen molar-refractivity contribution in [1.29, 1.82) is 0 Å². The highest BCUT2D eigenvalue weighted by Crippen LogP contribution is 1.90. The number of hydrogen-bond donors (Lipinski definition) is 2. The molecule has 0 fully saturated rings. The fourth-order valence-electron chi connectivity index (χ4n) is 0.429. The third-order valence-electron chi connectivity index (χ3n) is 0.976. The molecule has 0 saturated carbocycles. The summed E-state index contributed by atoms with van der Waals surface area (Å²) in [4.78, 5) is 9.89. The number of aliphatic hydroxyl groups excluding tert-OH is 1. The van der Waals surface area contributed by atoms with E-state index in [4.69, 9.17) is 10.8 Å². The maximum absolute atomic E-state index is 9.89. The minimum atomic E-state index is -1.26. The topological polar surface area (TPSA) is 86.4 Å². The van der Waals surface area contributed by atoms with E-state index < -0.39 is 12.0 Å². The van der Waals surface area contributed by atoms with Crippen LogP contribution in [-0.4, -0.2) is 23.7 Å². The third-order valence-corrected chi connectivity index (χ3v) is 0.976. The van der Waals surface area contributed by atoms with Crippen LogP contribution in [0.5, 0.6) is 0 Å². The van der Waals surface area contributed by atoms with Crippen LogP contribution in [0.3, 0.4) is 0 Å². The van der Waals surface area contributed by atoms with Gasteiger partial charge in [0.05, 0.1) is 5.97 Å². The predicted octanol–water partition coefficient (Wildman–Crippen LogP) is -2.16. The van der Waals surface area contributed by atoms with E-state index in [2.05, 4.69) is 0 Å². The molecule has 1 unspecified atom stereocenters. The summed E-state index contributed by atoms with van der Waals surface area (Å²) >= 11 is 0. The number of carbonyl (C=O) groups excluding carboxylic acids is 1. The largest absolute Gasteiger partial charge is 0.548 e. The van der Waals surface area contributed by atoms with E-state index in [1.807, 2.05) is 0 Å². The molecule has 0 aliphatic rings. The first-order valence-electron chi connectivity index (χ1n) is 2.75. The molecule has 0 amide bonds. The Morgan fingerprint density at radius 2 is 2.33 bits per heavy atom. The fourth-order valence-corrected chi connectivity index (χ4v) is 0.429. The van der Waals surface area contributed by atoms with E-state index >= 15 is 0 Å². The van der Waals surface area contributed by atoms with Crippen molar-refractivity contribution >= 4 is 5.97 Å². The van der Waals surface area contributed by atoms with Crippen molar-refractivity contribution in [2.75, 3.05) is 6.61 Å². The lowest BCUT2D eigenvalue weighted by Gasteiger charge is -2.10. The van der Waals surface area contributed by atoms with Gasteiger partial charge in [0, 0.05) is 12.6 Å². The minimum Gasteiger partial charge on any atom is -0.548 e. The number of carboxylic acids is 1. The van der Waals surface area contributed by atoms with Crippen LogP contribution in [-0.2, 0) is 4.79 Å². The number of carbonyl (C=O) groups is 1. The zero-order chi connectivity index (χ0) is 7.28. The smallest absolute Gasteiger partial charge is 0.0582 e. The normalized spacial score (nSPS) is 13.1. The lowest BCUT2D eigenvalue weighted by Crippen LogP contribution is -2.41. The quantitative estimate of drug-likeness (QED) is 0.456. The van der Waals surface area contributed by atoms with Crippen LogP contribution in [0.15, 0.2) is 0 Å². The second-order valence-electron chi connectivity index (χ2n) is 1.79. The highest BCUT2D eigenvalue weighted by atomic mass is 16.4. The number of nitrogens with two attached hydrogens (primary N) is 1.